The summed E-state index contributed by atoms with van der Waals surface area (Å²) in [6.07, 6.45) is 4.43. The van der Waals surface area contributed by atoms with Gasteiger partial charge in [0.2, 0.25) is 0 Å². The van der Waals surface area contributed by atoms with Gasteiger partial charge in [-0.3, -0.25) is 4.79 Å². The normalized spacial score (nSPS) is 25.9. The van der Waals surface area contributed by atoms with Gasteiger partial charge in [0.25, 0.3) is 5.91 Å². The average molecular weight is 274 g/mol. The lowest BCUT2D eigenvalue weighted by Gasteiger charge is -2.28. The van der Waals surface area contributed by atoms with Crippen molar-refractivity contribution in [3.8, 4) is 0 Å². The quantitative estimate of drug-likeness (QED) is 0.763. The van der Waals surface area contributed by atoms with Crippen LogP contribution in [-0.2, 0) is 13.0 Å². The molecule has 1 aliphatic carbocycles. The van der Waals surface area contributed by atoms with Gasteiger partial charge in [-0.1, -0.05) is 18.9 Å². The Hall–Kier alpha value is -1.39. The summed E-state index contributed by atoms with van der Waals surface area (Å²) in [5.41, 5.74) is 3.25. The van der Waals surface area contributed by atoms with Gasteiger partial charge in [-0.25, -0.2) is 0 Å². The van der Waals surface area contributed by atoms with Gasteiger partial charge in [0.1, 0.15) is 0 Å². The Balaban J connectivity index is 1.70. The van der Waals surface area contributed by atoms with E-state index in [1.807, 2.05) is 12.1 Å². The topological polar surface area (TPSA) is 61.4 Å². The number of rotatable bonds is 2. The summed E-state index contributed by atoms with van der Waals surface area (Å²) in [5, 5.41) is 16.2. The van der Waals surface area contributed by atoms with Gasteiger partial charge in [-0.05, 0) is 49.1 Å². The van der Waals surface area contributed by atoms with Gasteiger partial charge >= 0.3 is 0 Å². The highest BCUT2D eigenvalue weighted by Crippen LogP contribution is 2.20. The Labute approximate surface area is 119 Å². The van der Waals surface area contributed by atoms with Gasteiger partial charge in [0, 0.05) is 12.1 Å². The van der Waals surface area contributed by atoms with Crippen molar-refractivity contribution >= 4 is 5.91 Å². The van der Waals surface area contributed by atoms with Crippen molar-refractivity contribution in [1.29, 1.82) is 0 Å². The van der Waals surface area contributed by atoms with Crippen LogP contribution in [0.1, 0.15) is 47.2 Å². The second kappa shape index (κ2) is 5.94. The Kier molecular flexibility index (Phi) is 4.03. The van der Waals surface area contributed by atoms with Gasteiger partial charge < -0.3 is 15.7 Å². The van der Waals surface area contributed by atoms with Crippen molar-refractivity contribution in [3.05, 3.63) is 34.9 Å². The molecule has 3 rings (SSSR count). The molecular weight excluding hydrogens is 252 g/mol. The number of aliphatic hydroxyl groups is 1. The zero-order valence-electron chi connectivity index (χ0n) is 11.7. The molecule has 1 saturated carbocycles. The molecule has 1 aromatic carbocycles. The number of hydrogen-bond donors (Lipinski definition) is 3. The van der Waals surface area contributed by atoms with Crippen molar-refractivity contribution < 1.29 is 9.90 Å². The van der Waals surface area contributed by atoms with E-state index < -0.39 is 6.10 Å². The van der Waals surface area contributed by atoms with Gasteiger partial charge in [0.15, 0.2) is 0 Å². The van der Waals surface area contributed by atoms with Crippen molar-refractivity contribution in [2.24, 2.45) is 0 Å². The number of fused-ring (bicyclic) bond motifs is 1. The molecule has 1 heterocycles. The summed E-state index contributed by atoms with van der Waals surface area (Å²) < 4.78 is 0. The lowest BCUT2D eigenvalue weighted by atomic mass is 9.92. The van der Waals surface area contributed by atoms with E-state index in [-0.39, 0.29) is 11.9 Å². The number of aliphatic hydroxyl groups excluding tert-OH is 1. The molecule has 4 heteroatoms. The minimum absolute atomic E-state index is 0.0654. The van der Waals surface area contributed by atoms with Crippen LogP contribution in [0.2, 0.25) is 0 Å². The monoisotopic (exact) mass is 274 g/mol. The second-order valence-corrected chi connectivity index (χ2v) is 5.84. The zero-order chi connectivity index (χ0) is 13.9. The Morgan fingerprint density at radius 1 is 1.25 bits per heavy atom. The zero-order valence-corrected chi connectivity index (χ0v) is 11.7. The standard InChI is InChI=1S/C16H22N2O2/c19-15-4-2-1-3-14(15)18-16(20)12-6-5-11-7-8-17-10-13(11)9-12/h5-6,9,14-15,17,19H,1-4,7-8,10H2,(H,18,20)/t14-,15-/m1/s1. The lowest BCUT2D eigenvalue weighted by Crippen LogP contribution is -2.45. The van der Waals surface area contributed by atoms with E-state index in [1.54, 1.807) is 0 Å². The van der Waals surface area contributed by atoms with Crippen LogP contribution in [0.5, 0.6) is 0 Å². The van der Waals surface area contributed by atoms with Crippen LogP contribution < -0.4 is 10.6 Å². The van der Waals surface area contributed by atoms with Crippen LogP contribution >= 0.6 is 0 Å². The highest BCUT2D eigenvalue weighted by Gasteiger charge is 2.25. The number of carbonyl (C=O) groups is 1. The molecule has 0 spiro atoms. The fourth-order valence-electron chi connectivity index (χ4n) is 3.15. The molecule has 1 aliphatic heterocycles. The molecule has 0 unspecified atom stereocenters. The third-order valence-corrected chi connectivity index (χ3v) is 4.40. The minimum atomic E-state index is -0.396. The summed E-state index contributed by atoms with van der Waals surface area (Å²) in [4.78, 5) is 12.3. The molecule has 2 aliphatic rings. The van der Waals surface area contributed by atoms with Crippen molar-refractivity contribution in [2.45, 2.75) is 50.8 Å². The van der Waals surface area contributed by atoms with Crippen molar-refractivity contribution in [2.75, 3.05) is 6.54 Å². The minimum Gasteiger partial charge on any atom is -0.391 e. The first kappa shape index (κ1) is 13.6. The number of hydrogen-bond acceptors (Lipinski definition) is 3. The van der Waals surface area contributed by atoms with E-state index in [2.05, 4.69) is 16.7 Å². The van der Waals surface area contributed by atoms with E-state index in [0.717, 1.165) is 45.2 Å². The van der Waals surface area contributed by atoms with Gasteiger partial charge in [-0.2, -0.15) is 0 Å². The van der Waals surface area contributed by atoms with E-state index in [0.29, 0.717) is 5.56 Å². The molecule has 1 fully saturated rings. The van der Waals surface area contributed by atoms with Crippen LogP contribution in [0.15, 0.2) is 18.2 Å². The molecule has 3 N–H and O–H groups in total. The number of benzene rings is 1. The highest BCUT2D eigenvalue weighted by atomic mass is 16.3. The van der Waals surface area contributed by atoms with Crippen LogP contribution in [0.25, 0.3) is 0 Å². The Morgan fingerprint density at radius 2 is 2.10 bits per heavy atom. The van der Waals surface area contributed by atoms with E-state index in [1.165, 1.54) is 11.1 Å². The molecule has 1 aromatic rings. The van der Waals surface area contributed by atoms with Crippen LogP contribution in [0.4, 0.5) is 0 Å². The molecule has 20 heavy (non-hydrogen) atoms. The largest absolute Gasteiger partial charge is 0.391 e. The summed E-state index contributed by atoms with van der Waals surface area (Å²) >= 11 is 0. The fraction of sp³-hybridized carbons (Fsp3) is 0.562. The molecule has 0 radical (unpaired) electrons. The summed E-state index contributed by atoms with van der Waals surface area (Å²) in [7, 11) is 0. The maximum Gasteiger partial charge on any atom is 0.251 e. The highest BCUT2D eigenvalue weighted by molar-refractivity contribution is 5.94. The maximum atomic E-state index is 12.3. The molecule has 2 atom stereocenters. The third kappa shape index (κ3) is 2.86. The molecule has 0 aromatic heterocycles. The molecular formula is C16H22N2O2. The first-order valence-corrected chi connectivity index (χ1v) is 7.55. The van der Waals surface area contributed by atoms with E-state index >= 15 is 0 Å². The first-order valence-electron chi connectivity index (χ1n) is 7.55. The molecule has 1 amide bonds. The lowest BCUT2D eigenvalue weighted by molar-refractivity contribution is 0.0717. The maximum absolute atomic E-state index is 12.3. The smallest absolute Gasteiger partial charge is 0.251 e. The van der Waals surface area contributed by atoms with Crippen molar-refractivity contribution in [1.82, 2.24) is 10.6 Å². The average Bonchev–Trinajstić information content (AvgIpc) is 2.49. The fourth-order valence-corrected chi connectivity index (χ4v) is 3.15. The Bertz CT molecular complexity index is 501. The van der Waals surface area contributed by atoms with Crippen LogP contribution in [0, 0.1) is 0 Å². The molecule has 0 saturated heterocycles. The second-order valence-electron chi connectivity index (χ2n) is 5.84. The number of carbonyl (C=O) groups excluding carboxylic acids is 1. The molecule has 0 bridgehead atoms. The predicted octanol–water partition coefficient (Wildman–Crippen LogP) is 1.37. The summed E-state index contributed by atoms with van der Waals surface area (Å²) in [6.45, 7) is 1.84. The number of amides is 1. The van der Waals surface area contributed by atoms with Crippen LogP contribution in [0.3, 0.4) is 0 Å². The van der Waals surface area contributed by atoms with E-state index in [9.17, 15) is 9.90 Å². The van der Waals surface area contributed by atoms with Gasteiger partial charge in [-0.15, -0.1) is 0 Å². The third-order valence-electron chi connectivity index (χ3n) is 4.40. The van der Waals surface area contributed by atoms with Gasteiger partial charge in [0.05, 0.1) is 12.1 Å². The molecule has 108 valence electrons. The van der Waals surface area contributed by atoms with E-state index in [4.69, 9.17) is 0 Å². The SMILES string of the molecule is O=C(N[C@@H]1CCCC[C@H]1O)c1ccc2c(c1)CNCC2. The van der Waals surface area contributed by atoms with Crippen molar-refractivity contribution in [3.63, 3.8) is 0 Å². The molecule has 4 nitrogen and oxygen atoms in total. The van der Waals surface area contributed by atoms with Crippen LogP contribution in [-0.4, -0.2) is 29.7 Å². The summed E-state index contributed by atoms with van der Waals surface area (Å²) in [5.74, 6) is -0.0654. The number of nitrogens with one attached hydrogen (secondary N) is 2. The Morgan fingerprint density at radius 3 is 2.95 bits per heavy atom. The predicted molar refractivity (Wildman–Crippen MR) is 77.6 cm³/mol. The first-order chi connectivity index (χ1) is 9.74. The summed E-state index contributed by atoms with van der Waals surface area (Å²) in [6, 6.07) is 5.84.